The zero-order valence-electron chi connectivity index (χ0n) is 19.5. The first-order valence-electron chi connectivity index (χ1n) is 11.9. The number of hydrogen-bond acceptors (Lipinski definition) is 3. The number of hydrogen-bond donors (Lipinski definition) is 0. The molecule has 3 aromatic rings. The molecule has 0 N–H and O–H groups in total. The van der Waals surface area contributed by atoms with Crippen molar-refractivity contribution in [3.8, 4) is 5.75 Å². The van der Waals surface area contributed by atoms with Gasteiger partial charge in [-0.3, -0.25) is 4.79 Å². The van der Waals surface area contributed by atoms with Crippen molar-refractivity contribution in [1.29, 1.82) is 0 Å². The van der Waals surface area contributed by atoms with Crippen LogP contribution >= 0.6 is 0 Å². The summed E-state index contributed by atoms with van der Waals surface area (Å²) in [5.41, 5.74) is 0.968. The van der Waals surface area contributed by atoms with Crippen molar-refractivity contribution in [2.24, 2.45) is 0 Å². The molecule has 4 heteroatoms. The molecule has 1 heterocycles. The molecule has 3 rings (SSSR count). The number of aromatic nitrogens is 1. The second-order valence-electron chi connectivity index (χ2n) is 8.39. The van der Waals surface area contributed by atoms with Crippen molar-refractivity contribution >= 4 is 16.7 Å². The Balaban J connectivity index is 1.48. The molecule has 1 aromatic heterocycles. The van der Waals surface area contributed by atoms with Crippen LogP contribution in [0.5, 0.6) is 5.75 Å². The molecule has 0 fully saturated rings. The predicted octanol–water partition coefficient (Wildman–Crippen LogP) is 6.21. The molecular weight excluding hydrogens is 398 g/mol. The monoisotopic (exact) mass is 434 g/mol. The molecule has 2 aromatic carbocycles. The van der Waals surface area contributed by atoms with Gasteiger partial charge in [-0.25, -0.2) is 4.57 Å². The molecule has 170 valence electrons. The highest BCUT2D eigenvalue weighted by Crippen LogP contribution is 2.26. The van der Waals surface area contributed by atoms with Gasteiger partial charge in [0, 0.05) is 12.1 Å². The molecule has 0 unspecified atom stereocenters. The summed E-state index contributed by atoms with van der Waals surface area (Å²) < 4.78 is 13.4. The number of unbranched alkanes of at least 4 members (excludes halogenated alkanes) is 5. The second-order valence-corrected chi connectivity index (χ2v) is 8.39. The zero-order chi connectivity index (χ0) is 22.6. The topological polar surface area (TPSA) is 39.4 Å². The Morgan fingerprint density at radius 1 is 0.875 bits per heavy atom. The van der Waals surface area contributed by atoms with Gasteiger partial charge in [-0.2, -0.15) is 0 Å². The van der Waals surface area contributed by atoms with Gasteiger partial charge in [0.05, 0.1) is 12.5 Å². The summed E-state index contributed by atoms with van der Waals surface area (Å²) in [6.07, 6.45) is 11.5. The molecule has 0 aliphatic rings. The highest BCUT2D eigenvalue weighted by atomic mass is 16.5. The van der Waals surface area contributed by atoms with Gasteiger partial charge >= 0.3 is 5.97 Å². The van der Waals surface area contributed by atoms with Gasteiger partial charge in [-0.05, 0) is 41.8 Å². The maximum atomic E-state index is 12.5. The van der Waals surface area contributed by atoms with Crippen LogP contribution in [0.15, 0.2) is 67.0 Å². The fourth-order valence-corrected chi connectivity index (χ4v) is 3.77. The average Bonchev–Trinajstić information content (AvgIpc) is 2.83. The molecule has 0 saturated heterocycles. The number of pyridine rings is 1. The Kier molecular flexibility index (Phi) is 9.55. The predicted molar refractivity (Wildman–Crippen MR) is 129 cm³/mol. The number of ether oxygens (including phenoxy) is 2. The van der Waals surface area contributed by atoms with Crippen LogP contribution in [0.2, 0.25) is 0 Å². The van der Waals surface area contributed by atoms with Gasteiger partial charge in [0.15, 0.2) is 25.5 Å². The highest BCUT2D eigenvalue weighted by molar-refractivity contribution is 5.86. The van der Waals surface area contributed by atoms with Crippen molar-refractivity contribution in [3.05, 3.63) is 72.6 Å². The Bertz CT molecular complexity index is 971. The molecule has 1 atom stereocenters. The molecule has 0 amide bonds. The summed E-state index contributed by atoms with van der Waals surface area (Å²) >= 11 is 0. The van der Waals surface area contributed by atoms with Crippen LogP contribution < -0.4 is 9.30 Å². The molecule has 32 heavy (non-hydrogen) atoms. The largest absolute Gasteiger partial charge is 0.494 e. The van der Waals surface area contributed by atoms with Gasteiger partial charge in [0.2, 0.25) is 0 Å². The third-order valence-electron chi connectivity index (χ3n) is 5.83. The SMILES string of the molecule is CCCCCCCCOc1ccc2cc([C@H](C)C(=O)OCC[n+]3ccccc3)ccc2c1. The van der Waals surface area contributed by atoms with Crippen LogP contribution in [-0.2, 0) is 16.1 Å². The van der Waals surface area contributed by atoms with Crippen molar-refractivity contribution in [3.63, 3.8) is 0 Å². The average molecular weight is 435 g/mol. The molecule has 0 saturated carbocycles. The minimum Gasteiger partial charge on any atom is -0.494 e. The third kappa shape index (κ3) is 7.37. The number of esters is 1. The van der Waals surface area contributed by atoms with E-state index in [0.717, 1.165) is 35.1 Å². The first-order chi connectivity index (χ1) is 15.7. The molecular formula is C28H36NO3+. The Labute approximate surface area is 192 Å². The number of fused-ring (bicyclic) bond motifs is 1. The maximum absolute atomic E-state index is 12.5. The summed E-state index contributed by atoms with van der Waals surface area (Å²) in [4.78, 5) is 12.5. The molecule has 0 bridgehead atoms. The Morgan fingerprint density at radius 3 is 2.41 bits per heavy atom. The normalized spacial score (nSPS) is 11.9. The number of rotatable bonds is 13. The van der Waals surface area contributed by atoms with Gasteiger partial charge in [0.25, 0.3) is 0 Å². The minimum absolute atomic E-state index is 0.195. The van der Waals surface area contributed by atoms with E-state index >= 15 is 0 Å². The fourth-order valence-electron chi connectivity index (χ4n) is 3.77. The lowest BCUT2D eigenvalue weighted by Gasteiger charge is -2.13. The highest BCUT2D eigenvalue weighted by Gasteiger charge is 2.17. The van der Waals surface area contributed by atoms with E-state index < -0.39 is 0 Å². The van der Waals surface area contributed by atoms with Crippen LogP contribution in [0.1, 0.15) is 63.9 Å². The summed E-state index contributed by atoms with van der Waals surface area (Å²) in [5.74, 6) is 0.410. The van der Waals surface area contributed by atoms with E-state index in [9.17, 15) is 4.79 Å². The number of carbonyl (C=O) groups is 1. The molecule has 0 aliphatic carbocycles. The quantitative estimate of drug-likeness (QED) is 0.182. The summed E-state index contributed by atoms with van der Waals surface area (Å²) in [5, 5.41) is 2.23. The number of nitrogens with zero attached hydrogens (tertiary/aromatic N) is 1. The van der Waals surface area contributed by atoms with Crippen LogP contribution in [-0.4, -0.2) is 19.2 Å². The van der Waals surface area contributed by atoms with Gasteiger partial charge in [-0.15, -0.1) is 0 Å². The van der Waals surface area contributed by atoms with Gasteiger partial charge in [-0.1, -0.05) is 69.4 Å². The van der Waals surface area contributed by atoms with Gasteiger partial charge in [0.1, 0.15) is 5.75 Å². The summed E-state index contributed by atoms with van der Waals surface area (Å²) in [6.45, 7) is 5.92. The number of carbonyl (C=O) groups excluding carboxylic acids is 1. The summed E-state index contributed by atoms with van der Waals surface area (Å²) in [6, 6.07) is 18.2. The van der Waals surface area contributed by atoms with E-state index in [0.29, 0.717) is 13.2 Å². The first kappa shape index (κ1) is 23.8. The zero-order valence-corrected chi connectivity index (χ0v) is 19.5. The lowest BCUT2D eigenvalue weighted by Crippen LogP contribution is -2.35. The Hall–Kier alpha value is -2.88. The van der Waals surface area contributed by atoms with Crippen LogP contribution in [0, 0.1) is 0 Å². The Morgan fingerprint density at radius 2 is 1.59 bits per heavy atom. The van der Waals surface area contributed by atoms with E-state index in [2.05, 4.69) is 31.2 Å². The fraction of sp³-hybridized carbons (Fsp3) is 0.429. The van der Waals surface area contributed by atoms with Crippen LogP contribution in [0.4, 0.5) is 0 Å². The smallest absolute Gasteiger partial charge is 0.313 e. The minimum atomic E-state index is -0.302. The lowest BCUT2D eigenvalue weighted by atomic mass is 9.98. The van der Waals surface area contributed by atoms with E-state index in [4.69, 9.17) is 9.47 Å². The van der Waals surface area contributed by atoms with Crippen LogP contribution in [0.25, 0.3) is 10.8 Å². The van der Waals surface area contributed by atoms with Crippen molar-refractivity contribution in [2.45, 2.75) is 64.8 Å². The summed E-state index contributed by atoms with van der Waals surface area (Å²) in [7, 11) is 0. The standard InChI is InChI=1S/C28H36NO3/c1-3-4-5-6-7-11-19-31-27-15-14-25-21-24(12-13-26(25)22-27)23(2)28(30)32-20-18-29-16-9-8-10-17-29/h8-10,12-17,21-23H,3-7,11,18-20H2,1-2H3/q+1/t23-/m0/s1. The van der Waals surface area contributed by atoms with Crippen molar-refractivity contribution in [2.75, 3.05) is 13.2 Å². The van der Waals surface area contributed by atoms with Crippen LogP contribution in [0.3, 0.4) is 0 Å². The molecule has 4 nitrogen and oxygen atoms in total. The van der Waals surface area contributed by atoms with E-state index in [1.807, 2.05) is 54.2 Å². The maximum Gasteiger partial charge on any atom is 0.313 e. The van der Waals surface area contributed by atoms with Crippen molar-refractivity contribution in [1.82, 2.24) is 0 Å². The van der Waals surface area contributed by atoms with E-state index in [1.165, 1.54) is 32.1 Å². The molecule has 0 aliphatic heterocycles. The third-order valence-corrected chi connectivity index (χ3v) is 5.83. The second kappa shape index (κ2) is 12.8. The first-order valence-corrected chi connectivity index (χ1v) is 11.9. The molecule has 0 radical (unpaired) electrons. The van der Waals surface area contributed by atoms with E-state index in [-0.39, 0.29) is 11.9 Å². The lowest BCUT2D eigenvalue weighted by molar-refractivity contribution is -0.697. The van der Waals surface area contributed by atoms with E-state index in [1.54, 1.807) is 0 Å². The number of benzene rings is 2. The van der Waals surface area contributed by atoms with Crippen molar-refractivity contribution < 1.29 is 18.8 Å². The molecule has 0 spiro atoms. The van der Waals surface area contributed by atoms with Gasteiger partial charge < -0.3 is 9.47 Å².